The third kappa shape index (κ3) is 54.6. The van der Waals surface area contributed by atoms with Crippen LogP contribution in [0.1, 0.15) is 303 Å². The molecule has 0 aromatic rings. The van der Waals surface area contributed by atoms with Crippen LogP contribution in [0.5, 0.6) is 0 Å². The van der Waals surface area contributed by atoms with Crippen molar-refractivity contribution in [1.29, 1.82) is 0 Å². The number of hydrogen-bond acceptors (Lipinski definition) is 6. The second-order valence-electron chi connectivity index (χ2n) is 22.1. The third-order valence-corrected chi connectivity index (χ3v) is 14.9. The summed E-state index contributed by atoms with van der Waals surface area (Å²) in [5.74, 6) is -0.202. The molecule has 0 aliphatic heterocycles. The summed E-state index contributed by atoms with van der Waals surface area (Å²) < 4.78 is 23.3. The molecule has 0 saturated heterocycles. The van der Waals surface area contributed by atoms with Crippen LogP contribution >= 0.6 is 7.82 Å². The van der Waals surface area contributed by atoms with E-state index >= 15 is 0 Å². The standard InChI is InChI=1S/C60H119N2O6P/c1-6-8-10-12-14-16-18-20-22-23-24-25-26-27-28-29-30-31-32-33-34-35-36-37-38-40-41-43-45-47-49-51-53-59(63)58(57-68-69(65,66)67-56-55-62(3,4)5)61-60(64)54-52-50-48-46-44-42-39-21-19-17-15-13-11-9-7-2/h43,45,51,53,58-59,63H,6-42,44,46-50,52,54-57H2,1-5H3,(H-,61,64,65,66)/b45-43+,53-51+. The summed E-state index contributed by atoms with van der Waals surface area (Å²) in [5, 5.41) is 13.9. The van der Waals surface area contributed by atoms with Crippen LogP contribution in [-0.2, 0) is 18.4 Å². The lowest BCUT2D eigenvalue weighted by Gasteiger charge is -2.29. The van der Waals surface area contributed by atoms with E-state index in [9.17, 15) is 19.4 Å². The Morgan fingerprint density at radius 2 is 0.812 bits per heavy atom. The van der Waals surface area contributed by atoms with E-state index in [1.165, 1.54) is 244 Å². The minimum atomic E-state index is -4.60. The molecule has 8 nitrogen and oxygen atoms in total. The van der Waals surface area contributed by atoms with Crippen molar-refractivity contribution >= 4 is 13.7 Å². The summed E-state index contributed by atoms with van der Waals surface area (Å²) in [6.45, 7) is 4.67. The number of amides is 1. The highest BCUT2D eigenvalue weighted by molar-refractivity contribution is 7.45. The number of aliphatic hydroxyl groups excluding tert-OH is 1. The van der Waals surface area contributed by atoms with Gasteiger partial charge < -0.3 is 28.8 Å². The van der Waals surface area contributed by atoms with Gasteiger partial charge in [-0.2, -0.15) is 0 Å². The van der Waals surface area contributed by atoms with Crippen molar-refractivity contribution in [3.8, 4) is 0 Å². The summed E-state index contributed by atoms with van der Waals surface area (Å²) in [7, 11) is 1.26. The second kappa shape index (κ2) is 51.9. The molecule has 1 amide bonds. The number of carbonyl (C=O) groups excluding carboxylic acids is 1. The molecule has 0 bridgehead atoms. The average molecular weight is 996 g/mol. The maximum absolute atomic E-state index is 12.9. The molecular weight excluding hydrogens is 876 g/mol. The van der Waals surface area contributed by atoms with Gasteiger partial charge in [-0.05, 0) is 32.1 Å². The highest BCUT2D eigenvalue weighted by Crippen LogP contribution is 2.38. The van der Waals surface area contributed by atoms with Crippen LogP contribution in [-0.4, -0.2) is 68.5 Å². The maximum atomic E-state index is 12.9. The smallest absolute Gasteiger partial charge is 0.268 e. The zero-order chi connectivity index (χ0) is 50.6. The van der Waals surface area contributed by atoms with E-state index in [1.807, 2.05) is 27.2 Å². The number of nitrogens with one attached hydrogen (secondary N) is 1. The minimum absolute atomic E-state index is 0.00380. The molecule has 0 saturated carbocycles. The third-order valence-electron chi connectivity index (χ3n) is 13.9. The van der Waals surface area contributed by atoms with Gasteiger partial charge in [0.25, 0.3) is 7.82 Å². The largest absolute Gasteiger partial charge is 0.756 e. The number of aliphatic hydroxyl groups is 1. The van der Waals surface area contributed by atoms with Gasteiger partial charge in [0.1, 0.15) is 13.2 Å². The highest BCUT2D eigenvalue weighted by Gasteiger charge is 2.23. The topological polar surface area (TPSA) is 108 Å². The van der Waals surface area contributed by atoms with E-state index in [0.717, 1.165) is 38.5 Å². The molecule has 0 aromatic heterocycles. The molecule has 410 valence electrons. The fourth-order valence-electron chi connectivity index (χ4n) is 9.17. The number of rotatable bonds is 56. The van der Waals surface area contributed by atoms with Crippen LogP contribution in [0, 0.1) is 0 Å². The zero-order valence-electron chi connectivity index (χ0n) is 46.8. The van der Waals surface area contributed by atoms with E-state index < -0.39 is 20.0 Å². The van der Waals surface area contributed by atoms with Crippen molar-refractivity contribution in [3.05, 3.63) is 24.3 Å². The van der Waals surface area contributed by atoms with Crippen LogP contribution < -0.4 is 10.2 Å². The van der Waals surface area contributed by atoms with Gasteiger partial charge >= 0.3 is 0 Å². The lowest BCUT2D eigenvalue weighted by atomic mass is 10.0. The lowest BCUT2D eigenvalue weighted by molar-refractivity contribution is -0.870. The van der Waals surface area contributed by atoms with Crippen molar-refractivity contribution in [2.45, 2.75) is 315 Å². The Morgan fingerprint density at radius 3 is 1.17 bits per heavy atom. The fourth-order valence-corrected chi connectivity index (χ4v) is 9.90. The van der Waals surface area contributed by atoms with Gasteiger partial charge in [0.15, 0.2) is 0 Å². The first kappa shape index (κ1) is 68.0. The molecule has 3 unspecified atom stereocenters. The number of allylic oxidation sites excluding steroid dienone is 3. The number of hydrogen-bond donors (Lipinski definition) is 2. The number of likely N-dealkylation sites (N-methyl/N-ethyl adjacent to an activating group) is 1. The molecule has 0 spiro atoms. The van der Waals surface area contributed by atoms with Crippen molar-refractivity contribution in [1.82, 2.24) is 5.32 Å². The molecule has 3 atom stereocenters. The number of nitrogens with zero attached hydrogens (tertiary/aromatic N) is 1. The summed E-state index contributed by atoms with van der Waals surface area (Å²) in [6.07, 6.45) is 65.7. The monoisotopic (exact) mass is 995 g/mol. The lowest BCUT2D eigenvalue weighted by Crippen LogP contribution is -2.45. The predicted molar refractivity (Wildman–Crippen MR) is 298 cm³/mol. The molecular formula is C60H119N2O6P. The Labute approximate surface area is 430 Å². The molecule has 9 heteroatoms. The number of phosphoric acid groups is 1. The van der Waals surface area contributed by atoms with Crippen LogP contribution in [0.2, 0.25) is 0 Å². The maximum Gasteiger partial charge on any atom is 0.268 e. The summed E-state index contributed by atoms with van der Waals surface area (Å²) >= 11 is 0. The Morgan fingerprint density at radius 1 is 0.493 bits per heavy atom. The van der Waals surface area contributed by atoms with Crippen molar-refractivity contribution in [2.24, 2.45) is 0 Å². The van der Waals surface area contributed by atoms with Crippen LogP contribution in [0.3, 0.4) is 0 Å². The predicted octanol–water partition coefficient (Wildman–Crippen LogP) is 17.7. The van der Waals surface area contributed by atoms with Crippen LogP contribution in [0.4, 0.5) is 0 Å². The first-order valence-electron chi connectivity index (χ1n) is 30.2. The number of unbranched alkanes of at least 4 members (excludes halogenated alkanes) is 41. The minimum Gasteiger partial charge on any atom is -0.756 e. The number of quaternary nitrogens is 1. The molecule has 0 radical (unpaired) electrons. The van der Waals surface area contributed by atoms with Gasteiger partial charge in [-0.1, -0.05) is 289 Å². The summed E-state index contributed by atoms with van der Waals surface area (Å²) in [6, 6.07) is -0.900. The first-order chi connectivity index (χ1) is 33.5. The zero-order valence-corrected chi connectivity index (χ0v) is 47.7. The Hall–Kier alpha value is -1.02. The summed E-state index contributed by atoms with van der Waals surface area (Å²) in [4.78, 5) is 25.4. The van der Waals surface area contributed by atoms with Crippen LogP contribution in [0.25, 0.3) is 0 Å². The average Bonchev–Trinajstić information content (AvgIpc) is 3.31. The second-order valence-corrected chi connectivity index (χ2v) is 23.5. The van der Waals surface area contributed by atoms with Gasteiger partial charge in [0, 0.05) is 6.42 Å². The van der Waals surface area contributed by atoms with Gasteiger partial charge in [-0.25, -0.2) is 0 Å². The van der Waals surface area contributed by atoms with E-state index in [1.54, 1.807) is 6.08 Å². The normalized spacial score (nSPS) is 14.0. The Balaban J connectivity index is 4.09. The molecule has 0 heterocycles. The fraction of sp³-hybridized carbons (Fsp3) is 0.917. The Bertz CT molecular complexity index is 1170. The molecule has 0 aliphatic carbocycles. The molecule has 2 N–H and O–H groups in total. The van der Waals surface area contributed by atoms with E-state index in [2.05, 4.69) is 31.3 Å². The molecule has 0 aliphatic rings. The van der Waals surface area contributed by atoms with E-state index in [0.29, 0.717) is 17.4 Å². The first-order valence-corrected chi connectivity index (χ1v) is 31.7. The van der Waals surface area contributed by atoms with Gasteiger partial charge in [0.2, 0.25) is 5.91 Å². The SMILES string of the molecule is CCCCCCCCCCCCCCCCCCCCCCCCCCCC/C=C/CC/C=C/C(O)C(COP(=O)([O-])OCC[N+](C)(C)C)NC(=O)CCCCCCCCCCCCCCCCC. The highest BCUT2D eigenvalue weighted by atomic mass is 31.2. The molecule has 0 aromatic carbocycles. The van der Waals surface area contributed by atoms with Gasteiger partial charge in [-0.3, -0.25) is 9.36 Å². The molecule has 0 rings (SSSR count). The van der Waals surface area contributed by atoms with E-state index in [-0.39, 0.29) is 19.1 Å². The molecule has 0 fully saturated rings. The van der Waals surface area contributed by atoms with Crippen molar-refractivity contribution < 1.29 is 32.9 Å². The van der Waals surface area contributed by atoms with Gasteiger partial charge in [0.05, 0.1) is 39.9 Å². The van der Waals surface area contributed by atoms with E-state index in [4.69, 9.17) is 9.05 Å². The summed E-state index contributed by atoms with van der Waals surface area (Å²) in [5.41, 5.74) is 0. The molecule has 69 heavy (non-hydrogen) atoms. The van der Waals surface area contributed by atoms with Crippen molar-refractivity contribution in [2.75, 3.05) is 40.9 Å². The number of phosphoric ester groups is 1. The van der Waals surface area contributed by atoms with Gasteiger partial charge in [-0.15, -0.1) is 0 Å². The number of carbonyl (C=O) groups is 1. The van der Waals surface area contributed by atoms with Crippen LogP contribution in [0.15, 0.2) is 24.3 Å². The quantitative estimate of drug-likeness (QED) is 0.0272. The Kier molecular flexibility index (Phi) is 51.1. The van der Waals surface area contributed by atoms with Crippen molar-refractivity contribution in [3.63, 3.8) is 0 Å².